The van der Waals surface area contributed by atoms with Crippen LogP contribution in [0.2, 0.25) is 0 Å². The summed E-state index contributed by atoms with van der Waals surface area (Å²) in [6, 6.07) is 8.55. The SMILES string of the molecule is CCN(c1cccc2c1C/C=C\Cc1cc(C)nc(OC)c1CNC2=O)C1CCC(NC(=O)OC(C)(C)C)CC1. The van der Waals surface area contributed by atoms with Crippen LogP contribution in [0.4, 0.5) is 10.5 Å². The lowest BCUT2D eigenvalue weighted by atomic mass is 9.89. The van der Waals surface area contributed by atoms with Crippen molar-refractivity contribution in [2.75, 3.05) is 18.6 Å². The zero-order chi connectivity index (χ0) is 28.9. The second-order valence-corrected chi connectivity index (χ2v) is 11.7. The van der Waals surface area contributed by atoms with E-state index in [2.05, 4.69) is 51.7 Å². The number of anilines is 1. The van der Waals surface area contributed by atoms with E-state index in [1.54, 1.807) is 7.11 Å². The highest BCUT2D eigenvalue weighted by molar-refractivity contribution is 5.97. The van der Waals surface area contributed by atoms with Crippen LogP contribution < -0.4 is 20.3 Å². The first kappa shape index (κ1) is 29.4. The van der Waals surface area contributed by atoms with Crippen molar-refractivity contribution in [1.29, 1.82) is 0 Å². The summed E-state index contributed by atoms with van der Waals surface area (Å²) in [6.07, 6.45) is 9.12. The first-order chi connectivity index (χ1) is 19.1. The summed E-state index contributed by atoms with van der Waals surface area (Å²) in [7, 11) is 1.62. The second-order valence-electron chi connectivity index (χ2n) is 11.7. The fourth-order valence-corrected chi connectivity index (χ4v) is 5.85. The number of nitrogens with one attached hydrogen (secondary N) is 2. The third-order valence-electron chi connectivity index (χ3n) is 7.66. The van der Waals surface area contributed by atoms with Crippen LogP contribution >= 0.6 is 0 Å². The molecular weight excluding hydrogens is 504 g/mol. The third-order valence-corrected chi connectivity index (χ3v) is 7.66. The number of pyridine rings is 1. The predicted octanol–water partition coefficient (Wildman–Crippen LogP) is 5.65. The van der Waals surface area contributed by atoms with E-state index >= 15 is 0 Å². The number of benzene rings is 1. The molecule has 2 aromatic rings. The van der Waals surface area contributed by atoms with Crippen LogP contribution in [-0.4, -0.2) is 48.3 Å². The average Bonchev–Trinajstić information content (AvgIpc) is 2.93. The summed E-state index contributed by atoms with van der Waals surface area (Å²) in [5.41, 5.74) is 5.26. The lowest BCUT2D eigenvalue weighted by molar-refractivity contribution is 0.0491. The molecule has 0 atom stereocenters. The summed E-state index contributed by atoms with van der Waals surface area (Å²) in [5.74, 6) is 0.466. The summed E-state index contributed by atoms with van der Waals surface area (Å²) in [5, 5.41) is 6.18. The van der Waals surface area contributed by atoms with Gasteiger partial charge in [0.05, 0.1) is 7.11 Å². The maximum Gasteiger partial charge on any atom is 0.407 e. The quantitative estimate of drug-likeness (QED) is 0.470. The Balaban J connectivity index is 1.54. The van der Waals surface area contributed by atoms with Crippen molar-refractivity contribution >= 4 is 17.7 Å². The Morgan fingerprint density at radius 1 is 1.12 bits per heavy atom. The first-order valence-electron chi connectivity index (χ1n) is 14.4. The van der Waals surface area contributed by atoms with Crippen LogP contribution in [0, 0.1) is 6.92 Å². The highest BCUT2D eigenvalue weighted by Crippen LogP contribution is 2.33. The molecule has 1 aromatic carbocycles. The van der Waals surface area contributed by atoms with E-state index in [4.69, 9.17) is 9.47 Å². The van der Waals surface area contributed by atoms with Crippen molar-refractivity contribution in [2.24, 2.45) is 0 Å². The number of allylic oxidation sites excluding steroid dienone is 2. The van der Waals surface area contributed by atoms with Crippen LogP contribution in [0.5, 0.6) is 5.88 Å². The molecule has 2 N–H and O–H groups in total. The Kier molecular flexibility index (Phi) is 9.38. The fraction of sp³-hybridized carbons (Fsp3) is 0.531. The number of nitrogens with zero attached hydrogens (tertiary/aromatic N) is 2. The Hall–Kier alpha value is -3.55. The van der Waals surface area contributed by atoms with Gasteiger partial charge in [0, 0.05) is 47.7 Å². The van der Waals surface area contributed by atoms with Gasteiger partial charge in [-0.2, -0.15) is 0 Å². The van der Waals surface area contributed by atoms with Crippen molar-refractivity contribution in [3.8, 4) is 5.88 Å². The molecule has 1 saturated carbocycles. The van der Waals surface area contributed by atoms with Gasteiger partial charge in [0.2, 0.25) is 5.88 Å². The van der Waals surface area contributed by atoms with Gasteiger partial charge in [0.25, 0.3) is 5.91 Å². The Labute approximate surface area is 238 Å². The van der Waals surface area contributed by atoms with E-state index < -0.39 is 5.60 Å². The summed E-state index contributed by atoms with van der Waals surface area (Å²) in [4.78, 5) is 32.8. The lowest BCUT2D eigenvalue weighted by Gasteiger charge is -2.39. The lowest BCUT2D eigenvalue weighted by Crippen LogP contribution is -2.45. The summed E-state index contributed by atoms with van der Waals surface area (Å²) >= 11 is 0. The molecule has 0 radical (unpaired) electrons. The van der Waals surface area contributed by atoms with Crippen molar-refractivity contribution < 1.29 is 19.1 Å². The standard InChI is InChI=1S/C32H44N4O4/c1-7-36(24-17-15-23(16-18-24)35-31(38)40-32(3,4)5)28-14-10-13-26-25(28)12-9-8-11-22-19-21(2)34-30(39-6)27(22)20-33-29(26)37/h8-10,13-14,19,23-24H,7,11-12,15-18,20H2,1-6H3,(H,33,37)(H,35,38)/b9-8-. The number of aryl methyl sites for hydroxylation is 1. The van der Waals surface area contributed by atoms with Crippen LogP contribution in [0.25, 0.3) is 0 Å². The highest BCUT2D eigenvalue weighted by Gasteiger charge is 2.29. The maximum atomic E-state index is 13.5. The molecule has 1 fully saturated rings. The minimum absolute atomic E-state index is 0.0953. The number of hydrogen-bond acceptors (Lipinski definition) is 6. The molecular formula is C32H44N4O4. The molecule has 0 saturated heterocycles. The van der Waals surface area contributed by atoms with Gasteiger partial charge < -0.3 is 25.0 Å². The van der Waals surface area contributed by atoms with E-state index in [0.29, 0.717) is 30.5 Å². The van der Waals surface area contributed by atoms with Crippen molar-refractivity contribution in [2.45, 2.75) is 97.4 Å². The van der Waals surface area contributed by atoms with E-state index in [1.165, 1.54) is 0 Å². The molecule has 216 valence electrons. The minimum atomic E-state index is -0.507. The van der Waals surface area contributed by atoms with Crippen LogP contribution in [0.15, 0.2) is 36.4 Å². The van der Waals surface area contributed by atoms with E-state index in [0.717, 1.165) is 66.7 Å². The van der Waals surface area contributed by atoms with Gasteiger partial charge in [-0.25, -0.2) is 9.78 Å². The molecule has 2 amide bonds. The number of fused-ring (bicyclic) bond motifs is 2. The van der Waals surface area contributed by atoms with Crippen LogP contribution in [0.3, 0.4) is 0 Å². The predicted molar refractivity (Wildman–Crippen MR) is 158 cm³/mol. The molecule has 2 heterocycles. The number of carbonyl (C=O) groups excluding carboxylic acids is 2. The summed E-state index contributed by atoms with van der Waals surface area (Å²) in [6.45, 7) is 11.0. The number of rotatable bonds is 5. The topological polar surface area (TPSA) is 92.8 Å². The van der Waals surface area contributed by atoms with Crippen LogP contribution in [0.1, 0.15) is 86.1 Å². The van der Waals surface area contributed by atoms with Crippen LogP contribution in [-0.2, 0) is 24.1 Å². The fourth-order valence-electron chi connectivity index (χ4n) is 5.85. The zero-order valence-electron chi connectivity index (χ0n) is 24.8. The van der Waals surface area contributed by atoms with Gasteiger partial charge in [-0.3, -0.25) is 4.79 Å². The Bertz CT molecular complexity index is 1240. The van der Waals surface area contributed by atoms with Gasteiger partial charge in [0.1, 0.15) is 5.60 Å². The average molecular weight is 549 g/mol. The Morgan fingerprint density at radius 3 is 2.52 bits per heavy atom. The molecule has 2 aliphatic rings. The van der Waals surface area contributed by atoms with Gasteiger partial charge in [-0.05, 0) is 102 Å². The largest absolute Gasteiger partial charge is 0.481 e. The molecule has 8 heteroatoms. The molecule has 8 nitrogen and oxygen atoms in total. The molecule has 4 rings (SSSR count). The molecule has 0 bridgehead atoms. The smallest absolute Gasteiger partial charge is 0.407 e. The highest BCUT2D eigenvalue weighted by atomic mass is 16.6. The molecule has 1 aromatic heterocycles. The second kappa shape index (κ2) is 12.7. The number of ether oxygens (including phenoxy) is 2. The minimum Gasteiger partial charge on any atom is -0.481 e. The maximum absolute atomic E-state index is 13.5. The molecule has 0 unspecified atom stereocenters. The molecule has 1 aliphatic heterocycles. The van der Waals surface area contributed by atoms with Gasteiger partial charge in [-0.1, -0.05) is 18.2 Å². The monoisotopic (exact) mass is 548 g/mol. The number of hydrogen-bond donors (Lipinski definition) is 2. The first-order valence-corrected chi connectivity index (χ1v) is 14.4. The third kappa shape index (κ3) is 7.14. The van der Waals surface area contributed by atoms with Crippen molar-refractivity contribution in [3.05, 3.63) is 64.4 Å². The van der Waals surface area contributed by atoms with Gasteiger partial charge >= 0.3 is 6.09 Å². The van der Waals surface area contributed by atoms with Crippen molar-refractivity contribution in [1.82, 2.24) is 15.6 Å². The van der Waals surface area contributed by atoms with Gasteiger partial charge in [0.15, 0.2) is 0 Å². The molecule has 0 spiro atoms. The van der Waals surface area contributed by atoms with E-state index in [1.807, 2.05) is 39.8 Å². The van der Waals surface area contributed by atoms with Crippen molar-refractivity contribution in [3.63, 3.8) is 0 Å². The number of carbonyl (C=O) groups is 2. The molecule has 1 aliphatic carbocycles. The zero-order valence-corrected chi connectivity index (χ0v) is 24.8. The van der Waals surface area contributed by atoms with E-state index in [9.17, 15) is 9.59 Å². The number of alkyl carbamates (subject to hydrolysis) is 1. The normalized spacial score (nSPS) is 20.2. The number of methoxy groups -OCH3 is 1. The Morgan fingerprint density at radius 2 is 1.85 bits per heavy atom. The van der Waals surface area contributed by atoms with E-state index in [-0.39, 0.29) is 18.0 Å². The van der Waals surface area contributed by atoms with Gasteiger partial charge in [-0.15, -0.1) is 0 Å². The number of aromatic nitrogens is 1. The number of amides is 2. The molecule has 40 heavy (non-hydrogen) atoms. The summed E-state index contributed by atoms with van der Waals surface area (Å²) < 4.78 is 11.0.